The number of aromatic nitrogens is 2. The molecule has 0 aliphatic carbocycles. The Bertz CT molecular complexity index is 824. The average Bonchev–Trinajstić information content (AvgIpc) is 3.10. The molecule has 1 fully saturated rings. The lowest BCUT2D eigenvalue weighted by Gasteiger charge is -2.26. The maximum Gasteiger partial charge on any atom is 0.252 e. The second kappa shape index (κ2) is 7.64. The van der Waals surface area contributed by atoms with Crippen LogP contribution in [0.2, 0.25) is 0 Å². The Balaban J connectivity index is 1.90. The summed E-state index contributed by atoms with van der Waals surface area (Å²) in [5.41, 5.74) is 5.73. The normalized spacial score (nSPS) is 16.2. The summed E-state index contributed by atoms with van der Waals surface area (Å²) in [6.45, 7) is 4.22. The van der Waals surface area contributed by atoms with Crippen LogP contribution in [0.15, 0.2) is 49.2 Å². The third-order valence-electron chi connectivity index (χ3n) is 4.10. The van der Waals surface area contributed by atoms with Gasteiger partial charge in [-0.15, -0.1) is 0 Å². The molecule has 3 heterocycles. The molecule has 0 radical (unpaired) electrons. The molecule has 8 nitrogen and oxygen atoms in total. The van der Waals surface area contributed by atoms with E-state index in [1.807, 2.05) is 11.0 Å². The standard InChI is InChI=1S/C18H20N6O2/c1-2-16(25)22-14-7-5-11-24(14)15-9-8-12(17(19)26)18(23-15)21-13-6-3-4-10-20-13/h2-4,6,8-10,14H,1,5,7,11H2,(H2,19,26)(H,22,25)(H,20,21,23). The molecule has 8 heteroatoms. The number of anilines is 3. The number of pyridine rings is 2. The quantitative estimate of drug-likeness (QED) is 0.680. The maximum atomic E-state index is 11.7. The highest BCUT2D eigenvalue weighted by atomic mass is 16.2. The number of amides is 2. The molecule has 0 saturated carbocycles. The first kappa shape index (κ1) is 17.4. The maximum absolute atomic E-state index is 11.7. The van der Waals surface area contributed by atoms with Crippen molar-refractivity contribution in [2.45, 2.75) is 19.0 Å². The van der Waals surface area contributed by atoms with Crippen LogP contribution in [-0.4, -0.2) is 34.5 Å². The third kappa shape index (κ3) is 3.80. The van der Waals surface area contributed by atoms with Gasteiger partial charge in [0, 0.05) is 12.7 Å². The molecule has 0 bridgehead atoms. The Morgan fingerprint density at radius 1 is 1.31 bits per heavy atom. The predicted octanol–water partition coefficient (Wildman–Crippen LogP) is 1.55. The lowest BCUT2D eigenvalue weighted by molar-refractivity contribution is -0.117. The van der Waals surface area contributed by atoms with Gasteiger partial charge in [0.1, 0.15) is 23.6 Å². The van der Waals surface area contributed by atoms with Crippen LogP contribution in [0.5, 0.6) is 0 Å². The first-order valence-electron chi connectivity index (χ1n) is 8.27. The van der Waals surface area contributed by atoms with Crippen LogP contribution in [0.3, 0.4) is 0 Å². The number of nitrogens with two attached hydrogens (primary N) is 1. The van der Waals surface area contributed by atoms with Gasteiger partial charge in [0.25, 0.3) is 5.91 Å². The number of primary amides is 1. The molecular weight excluding hydrogens is 332 g/mol. The van der Waals surface area contributed by atoms with Gasteiger partial charge in [-0.25, -0.2) is 9.97 Å². The van der Waals surface area contributed by atoms with Crippen molar-refractivity contribution in [3.8, 4) is 0 Å². The number of hydrogen-bond acceptors (Lipinski definition) is 6. The minimum atomic E-state index is -0.583. The zero-order valence-corrected chi connectivity index (χ0v) is 14.2. The summed E-state index contributed by atoms with van der Waals surface area (Å²) in [4.78, 5) is 34.1. The molecule has 1 unspecified atom stereocenters. The van der Waals surface area contributed by atoms with Gasteiger partial charge in [0.2, 0.25) is 5.91 Å². The summed E-state index contributed by atoms with van der Waals surface area (Å²) in [5, 5.41) is 5.92. The average molecular weight is 352 g/mol. The Morgan fingerprint density at radius 2 is 2.15 bits per heavy atom. The number of carbonyl (C=O) groups excluding carboxylic acids is 2. The van der Waals surface area contributed by atoms with Crippen molar-refractivity contribution in [3.05, 3.63) is 54.7 Å². The van der Waals surface area contributed by atoms with Gasteiger partial charge in [0.05, 0.1) is 5.56 Å². The van der Waals surface area contributed by atoms with E-state index < -0.39 is 5.91 Å². The zero-order valence-electron chi connectivity index (χ0n) is 14.2. The Morgan fingerprint density at radius 3 is 2.85 bits per heavy atom. The van der Waals surface area contributed by atoms with Crippen molar-refractivity contribution in [1.82, 2.24) is 15.3 Å². The highest BCUT2D eigenvalue weighted by molar-refractivity contribution is 5.98. The van der Waals surface area contributed by atoms with E-state index in [4.69, 9.17) is 5.73 Å². The fraction of sp³-hybridized carbons (Fsp3) is 0.222. The SMILES string of the molecule is C=CC(=O)NC1CCCN1c1ccc(C(N)=O)c(Nc2ccccn2)n1. The Labute approximate surface area is 151 Å². The van der Waals surface area contributed by atoms with E-state index in [1.165, 1.54) is 6.08 Å². The van der Waals surface area contributed by atoms with E-state index >= 15 is 0 Å². The van der Waals surface area contributed by atoms with Crippen molar-refractivity contribution in [1.29, 1.82) is 0 Å². The molecule has 1 atom stereocenters. The van der Waals surface area contributed by atoms with Crippen molar-refractivity contribution in [2.24, 2.45) is 5.73 Å². The van der Waals surface area contributed by atoms with E-state index in [0.29, 0.717) is 17.5 Å². The van der Waals surface area contributed by atoms with E-state index in [-0.39, 0.29) is 17.6 Å². The number of hydrogen-bond donors (Lipinski definition) is 3. The number of rotatable bonds is 6. The fourth-order valence-electron chi connectivity index (χ4n) is 2.88. The summed E-state index contributed by atoms with van der Waals surface area (Å²) in [5.74, 6) is 0.704. The molecular formula is C18H20N6O2. The minimum Gasteiger partial charge on any atom is -0.365 e. The van der Waals surface area contributed by atoms with Crippen LogP contribution in [0.1, 0.15) is 23.2 Å². The number of nitrogens with zero attached hydrogens (tertiary/aromatic N) is 3. The van der Waals surface area contributed by atoms with E-state index in [9.17, 15) is 9.59 Å². The summed E-state index contributed by atoms with van der Waals surface area (Å²) < 4.78 is 0. The third-order valence-corrected chi connectivity index (χ3v) is 4.10. The van der Waals surface area contributed by atoms with Crippen LogP contribution in [-0.2, 0) is 4.79 Å². The van der Waals surface area contributed by atoms with Crippen LogP contribution in [0.4, 0.5) is 17.5 Å². The molecule has 1 aliphatic rings. The van der Waals surface area contributed by atoms with Crippen LogP contribution in [0.25, 0.3) is 0 Å². The molecule has 4 N–H and O–H groups in total. The summed E-state index contributed by atoms with van der Waals surface area (Å²) in [7, 11) is 0. The molecule has 26 heavy (non-hydrogen) atoms. The lowest BCUT2D eigenvalue weighted by Crippen LogP contribution is -2.44. The number of nitrogens with one attached hydrogen (secondary N) is 2. The molecule has 1 saturated heterocycles. The van der Waals surface area contributed by atoms with Crippen molar-refractivity contribution < 1.29 is 9.59 Å². The van der Waals surface area contributed by atoms with Gasteiger partial charge in [-0.2, -0.15) is 0 Å². The highest BCUT2D eigenvalue weighted by Crippen LogP contribution is 2.26. The Hall–Kier alpha value is -3.42. The van der Waals surface area contributed by atoms with E-state index in [1.54, 1.807) is 30.5 Å². The molecule has 2 aromatic rings. The van der Waals surface area contributed by atoms with Crippen LogP contribution < -0.4 is 21.3 Å². The second-order valence-corrected chi connectivity index (χ2v) is 5.83. The molecule has 3 rings (SSSR count). The second-order valence-electron chi connectivity index (χ2n) is 5.83. The highest BCUT2D eigenvalue weighted by Gasteiger charge is 2.27. The molecule has 1 aliphatic heterocycles. The van der Waals surface area contributed by atoms with Crippen molar-refractivity contribution in [3.63, 3.8) is 0 Å². The fourth-order valence-corrected chi connectivity index (χ4v) is 2.88. The topological polar surface area (TPSA) is 113 Å². The zero-order chi connectivity index (χ0) is 18.5. The summed E-state index contributed by atoms with van der Waals surface area (Å²) in [6, 6.07) is 8.73. The van der Waals surface area contributed by atoms with Gasteiger partial charge in [-0.3, -0.25) is 9.59 Å². The summed E-state index contributed by atoms with van der Waals surface area (Å²) >= 11 is 0. The lowest BCUT2D eigenvalue weighted by atomic mass is 10.2. The van der Waals surface area contributed by atoms with Gasteiger partial charge in [-0.1, -0.05) is 12.6 Å². The van der Waals surface area contributed by atoms with Crippen molar-refractivity contribution >= 4 is 29.3 Å². The van der Waals surface area contributed by atoms with E-state index in [0.717, 1.165) is 19.4 Å². The minimum absolute atomic E-state index is 0.171. The molecule has 134 valence electrons. The predicted molar refractivity (Wildman–Crippen MR) is 99.0 cm³/mol. The van der Waals surface area contributed by atoms with Crippen LogP contribution >= 0.6 is 0 Å². The van der Waals surface area contributed by atoms with Gasteiger partial charge >= 0.3 is 0 Å². The number of carbonyl (C=O) groups is 2. The smallest absolute Gasteiger partial charge is 0.252 e. The van der Waals surface area contributed by atoms with Crippen LogP contribution in [0, 0.1) is 0 Å². The molecule has 0 aromatic carbocycles. The first-order chi connectivity index (χ1) is 12.6. The first-order valence-corrected chi connectivity index (χ1v) is 8.27. The molecule has 2 aromatic heterocycles. The van der Waals surface area contributed by atoms with Gasteiger partial charge < -0.3 is 21.3 Å². The summed E-state index contributed by atoms with van der Waals surface area (Å²) in [6.07, 6.45) is 4.44. The largest absolute Gasteiger partial charge is 0.365 e. The van der Waals surface area contributed by atoms with E-state index in [2.05, 4.69) is 27.2 Å². The van der Waals surface area contributed by atoms with Gasteiger partial charge in [0.15, 0.2) is 0 Å². The molecule has 0 spiro atoms. The van der Waals surface area contributed by atoms with Crippen molar-refractivity contribution in [2.75, 3.05) is 16.8 Å². The van der Waals surface area contributed by atoms with Gasteiger partial charge in [-0.05, 0) is 43.2 Å². The Kier molecular flexibility index (Phi) is 5.12. The monoisotopic (exact) mass is 352 g/mol. The molecule has 2 amide bonds.